The Kier molecular flexibility index (Phi) is 5.92. The van der Waals surface area contributed by atoms with Crippen molar-refractivity contribution >= 4 is 56.0 Å². The van der Waals surface area contributed by atoms with Gasteiger partial charge in [0.1, 0.15) is 16.2 Å². The van der Waals surface area contributed by atoms with Crippen molar-refractivity contribution in [1.82, 2.24) is 9.80 Å². The number of rotatable bonds is 4. The van der Waals surface area contributed by atoms with Gasteiger partial charge < -0.3 is 4.90 Å². The number of likely N-dealkylation sites (N-methyl/N-ethyl adjacent to an activating group) is 1. The monoisotopic (exact) mass is 442 g/mol. The Bertz CT molecular complexity index is 977. The van der Waals surface area contributed by atoms with Gasteiger partial charge in [-0.15, -0.1) is 0 Å². The van der Waals surface area contributed by atoms with E-state index in [1.54, 1.807) is 25.1 Å². The zero-order valence-electron chi connectivity index (χ0n) is 15.3. The van der Waals surface area contributed by atoms with Crippen LogP contribution in [0.3, 0.4) is 0 Å². The van der Waals surface area contributed by atoms with Crippen LogP contribution in [-0.4, -0.2) is 65.0 Å². The predicted molar refractivity (Wildman–Crippen MR) is 111 cm³/mol. The second kappa shape index (κ2) is 7.92. The molecule has 3 rings (SSSR count). The molecule has 10 heteroatoms. The molecule has 2 aliphatic heterocycles. The van der Waals surface area contributed by atoms with E-state index >= 15 is 0 Å². The Labute approximate surface area is 172 Å². The van der Waals surface area contributed by atoms with Crippen LogP contribution in [0.2, 0.25) is 0 Å². The van der Waals surface area contributed by atoms with Crippen LogP contribution in [0.15, 0.2) is 29.2 Å². The highest BCUT2D eigenvalue weighted by Gasteiger charge is 2.41. The standard InChI is InChI=1S/C18H19FN2O4S3/c1-11(16(22)20(2)13-7-8-28(24,25)10-13)21-17(23)15(27-18(21)26)9-12-5-3-4-6-14(12)19/h3-6,9,11,13H,7-8,10H2,1-2H3/b15-9+. The summed E-state index contributed by atoms with van der Waals surface area (Å²) in [4.78, 5) is 28.4. The van der Waals surface area contributed by atoms with E-state index in [9.17, 15) is 22.4 Å². The summed E-state index contributed by atoms with van der Waals surface area (Å²) in [7, 11) is -1.60. The number of thiocarbonyl (C=S) groups is 1. The molecule has 2 amide bonds. The maximum Gasteiger partial charge on any atom is 0.266 e. The number of carbonyl (C=O) groups excluding carboxylic acids is 2. The Balaban J connectivity index is 1.77. The second-order valence-electron chi connectivity index (χ2n) is 6.76. The third-order valence-corrected chi connectivity index (χ3v) is 7.94. The van der Waals surface area contributed by atoms with Gasteiger partial charge in [-0.25, -0.2) is 12.8 Å². The lowest BCUT2D eigenvalue weighted by Crippen LogP contribution is -2.50. The van der Waals surface area contributed by atoms with Crippen molar-refractivity contribution in [2.75, 3.05) is 18.6 Å². The molecule has 2 saturated heterocycles. The fraction of sp³-hybridized carbons (Fsp3) is 0.389. The molecule has 1 aromatic carbocycles. The summed E-state index contributed by atoms with van der Waals surface area (Å²) in [6.45, 7) is 1.55. The van der Waals surface area contributed by atoms with Gasteiger partial charge in [0.25, 0.3) is 5.91 Å². The molecule has 2 aliphatic rings. The van der Waals surface area contributed by atoms with Crippen molar-refractivity contribution < 1.29 is 22.4 Å². The Morgan fingerprint density at radius 2 is 2.11 bits per heavy atom. The molecule has 0 aliphatic carbocycles. The van der Waals surface area contributed by atoms with Crippen LogP contribution >= 0.6 is 24.0 Å². The smallest absolute Gasteiger partial charge is 0.266 e. The molecule has 2 atom stereocenters. The van der Waals surface area contributed by atoms with E-state index in [1.807, 2.05) is 0 Å². The van der Waals surface area contributed by atoms with Crippen molar-refractivity contribution in [3.63, 3.8) is 0 Å². The van der Waals surface area contributed by atoms with Gasteiger partial charge in [0.2, 0.25) is 5.91 Å². The Hall–Kier alpha value is -1.78. The minimum Gasteiger partial charge on any atom is -0.340 e. The highest BCUT2D eigenvalue weighted by Crippen LogP contribution is 2.34. The van der Waals surface area contributed by atoms with Gasteiger partial charge in [-0.2, -0.15) is 0 Å². The first kappa shape index (κ1) is 20.9. The molecule has 0 radical (unpaired) electrons. The topological polar surface area (TPSA) is 74.8 Å². The van der Waals surface area contributed by atoms with E-state index in [4.69, 9.17) is 12.2 Å². The average molecular weight is 443 g/mol. The summed E-state index contributed by atoms with van der Waals surface area (Å²) in [5.41, 5.74) is 0.259. The minimum absolute atomic E-state index is 0.0517. The molecule has 1 aromatic rings. The van der Waals surface area contributed by atoms with E-state index in [1.165, 1.54) is 29.0 Å². The molecule has 0 spiro atoms. The third-order valence-electron chi connectivity index (χ3n) is 4.86. The fourth-order valence-corrected chi connectivity index (χ4v) is 6.40. The maximum absolute atomic E-state index is 13.9. The largest absolute Gasteiger partial charge is 0.340 e. The first-order chi connectivity index (χ1) is 13.1. The molecule has 2 heterocycles. The predicted octanol–water partition coefficient (Wildman–Crippen LogP) is 2.06. The molecule has 2 unspecified atom stereocenters. The molecule has 6 nitrogen and oxygen atoms in total. The van der Waals surface area contributed by atoms with Crippen molar-refractivity contribution in [2.24, 2.45) is 0 Å². The van der Waals surface area contributed by atoms with E-state index in [0.717, 1.165) is 11.8 Å². The molecule has 0 saturated carbocycles. The van der Waals surface area contributed by atoms with Crippen LogP contribution in [0.1, 0.15) is 18.9 Å². The zero-order valence-corrected chi connectivity index (χ0v) is 17.7. The fourth-order valence-electron chi connectivity index (χ4n) is 3.21. The van der Waals surface area contributed by atoms with Gasteiger partial charge in [-0.05, 0) is 25.5 Å². The molecular weight excluding hydrogens is 423 g/mol. The molecule has 150 valence electrons. The number of halogens is 1. The van der Waals surface area contributed by atoms with Gasteiger partial charge in [0.05, 0.1) is 16.4 Å². The number of benzene rings is 1. The molecule has 0 aromatic heterocycles. The Morgan fingerprint density at radius 3 is 2.71 bits per heavy atom. The second-order valence-corrected chi connectivity index (χ2v) is 10.7. The summed E-state index contributed by atoms with van der Waals surface area (Å²) in [6.07, 6.45) is 1.79. The van der Waals surface area contributed by atoms with Crippen molar-refractivity contribution in [3.8, 4) is 0 Å². The van der Waals surface area contributed by atoms with Crippen molar-refractivity contribution in [1.29, 1.82) is 0 Å². The van der Waals surface area contributed by atoms with E-state index < -0.39 is 33.6 Å². The number of amides is 2. The quantitative estimate of drug-likeness (QED) is 0.525. The Morgan fingerprint density at radius 1 is 1.43 bits per heavy atom. The zero-order chi connectivity index (χ0) is 20.6. The number of hydrogen-bond acceptors (Lipinski definition) is 6. The lowest BCUT2D eigenvalue weighted by atomic mass is 10.1. The van der Waals surface area contributed by atoms with E-state index in [-0.39, 0.29) is 32.2 Å². The van der Waals surface area contributed by atoms with Crippen LogP contribution in [0.4, 0.5) is 4.39 Å². The lowest BCUT2D eigenvalue weighted by Gasteiger charge is -2.30. The molecule has 2 fully saturated rings. The van der Waals surface area contributed by atoms with Crippen molar-refractivity contribution in [3.05, 3.63) is 40.6 Å². The van der Waals surface area contributed by atoms with Crippen LogP contribution in [0.5, 0.6) is 0 Å². The molecule has 0 N–H and O–H groups in total. The number of hydrogen-bond donors (Lipinski definition) is 0. The van der Waals surface area contributed by atoms with Crippen LogP contribution in [-0.2, 0) is 19.4 Å². The molecule has 28 heavy (non-hydrogen) atoms. The van der Waals surface area contributed by atoms with Crippen molar-refractivity contribution in [2.45, 2.75) is 25.4 Å². The van der Waals surface area contributed by atoms with Crippen LogP contribution in [0.25, 0.3) is 6.08 Å². The van der Waals surface area contributed by atoms with E-state index in [2.05, 4.69) is 0 Å². The number of carbonyl (C=O) groups is 2. The van der Waals surface area contributed by atoms with Crippen LogP contribution in [0, 0.1) is 5.82 Å². The van der Waals surface area contributed by atoms with Gasteiger partial charge in [0, 0.05) is 18.7 Å². The van der Waals surface area contributed by atoms with E-state index in [0.29, 0.717) is 6.42 Å². The highest BCUT2D eigenvalue weighted by molar-refractivity contribution is 8.26. The number of nitrogens with zero attached hydrogens (tertiary/aromatic N) is 2. The summed E-state index contributed by atoms with van der Waals surface area (Å²) in [5.74, 6) is -1.33. The number of thioether (sulfide) groups is 1. The summed E-state index contributed by atoms with van der Waals surface area (Å²) in [6, 6.07) is 4.76. The minimum atomic E-state index is -3.14. The maximum atomic E-state index is 13.9. The highest BCUT2D eigenvalue weighted by atomic mass is 32.2. The first-order valence-electron chi connectivity index (χ1n) is 8.59. The lowest BCUT2D eigenvalue weighted by molar-refractivity contribution is -0.139. The average Bonchev–Trinajstić information content (AvgIpc) is 3.14. The van der Waals surface area contributed by atoms with Gasteiger partial charge >= 0.3 is 0 Å². The summed E-state index contributed by atoms with van der Waals surface area (Å²) < 4.78 is 37.4. The molecule has 0 bridgehead atoms. The summed E-state index contributed by atoms with van der Waals surface area (Å²) >= 11 is 6.27. The SMILES string of the molecule is CC(C(=O)N(C)C1CCS(=O)(=O)C1)N1C(=O)/C(=C\c2ccccc2F)SC1=S. The normalized spacial score (nSPS) is 24.0. The molecular formula is C18H19FN2O4S3. The van der Waals surface area contributed by atoms with Gasteiger partial charge in [-0.3, -0.25) is 14.5 Å². The summed E-state index contributed by atoms with van der Waals surface area (Å²) in [5, 5.41) is 0. The number of sulfone groups is 1. The van der Waals surface area contributed by atoms with Gasteiger partial charge in [0.15, 0.2) is 9.84 Å². The van der Waals surface area contributed by atoms with Crippen LogP contribution < -0.4 is 0 Å². The first-order valence-corrected chi connectivity index (χ1v) is 11.6. The van der Waals surface area contributed by atoms with Gasteiger partial charge in [-0.1, -0.05) is 42.2 Å². The third kappa shape index (κ3) is 4.13.